The zero-order valence-corrected chi connectivity index (χ0v) is 19.9. The minimum absolute atomic E-state index is 0.0337. The van der Waals surface area contributed by atoms with Gasteiger partial charge in [0.25, 0.3) is 0 Å². The fourth-order valence-electron chi connectivity index (χ4n) is 2.88. The molecule has 33 heavy (non-hydrogen) atoms. The molecule has 4 rings (SSSR count). The number of nitrogens with zero attached hydrogens (tertiary/aromatic N) is 2. The summed E-state index contributed by atoms with van der Waals surface area (Å²) in [6, 6.07) is 13.5. The van der Waals surface area contributed by atoms with Crippen molar-refractivity contribution in [3.63, 3.8) is 0 Å². The smallest absolute Gasteiger partial charge is 0.342 e. The molecule has 0 aliphatic rings. The van der Waals surface area contributed by atoms with Crippen LogP contribution in [0, 0.1) is 0 Å². The van der Waals surface area contributed by atoms with E-state index in [9.17, 15) is 9.90 Å². The molecule has 168 valence electrons. The predicted octanol–water partition coefficient (Wildman–Crippen LogP) is 6.92. The number of halogens is 3. The Morgan fingerprint density at radius 3 is 2.67 bits per heavy atom. The number of thioether (sulfide) groups is 1. The number of aromatic amines is 1. The van der Waals surface area contributed by atoms with E-state index < -0.39 is 5.97 Å². The molecule has 2 N–H and O–H groups in total. The first-order valence-electron chi connectivity index (χ1n) is 9.28. The summed E-state index contributed by atoms with van der Waals surface area (Å²) in [5.74, 6) is 0.642. The number of carboxylic acid groups (broad SMARTS) is 1. The van der Waals surface area contributed by atoms with E-state index in [0.29, 0.717) is 49.3 Å². The van der Waals surface area contributed by atoms with Crippen molar-refractivity contribution in [2.75, 3.05) is 7.11 Å². The maximum atomic E-state index is 11.8. The number of methoxy groups -OCH3 is 1. The molecule has 0 saturated heterocycles. The summed E-state index contributed by atoms with van der Waals surface area (Å²) in [7, 11) is 1.53. The van der Waals surface area contributed by atoms with E-state index in [2.05, 4.69) is 15.2 Å². The molecule has 0 saturated carbocycles. The van der Waals surface area contributed by atoms with Crippen LogP contribution in [0.25, 0.3) is 28.8 Å². The van der Waals surface area contributed by atoms with Gasteiger partial charge in [-0.05, 0) is 60.3 Å². The van der Waals surface area contributed by atoms with Gasteiger partial charge in [-0.2, -0.15) is 0 Å². The second-order valence-corrected chi connectivity index (χ2v) is 8.82. The quantitative estimate of drug-likeness (QED) is 0.201. The molecule has 0 aliphatic carbocycles. The standard InChI is InChI=1S/C22H14Cl3N3O4S/c1-31-18-6-3-12(23)9-14(18)20-26-22(28-27-20)33-19(21(29)30)10-13-4-7-17(32-13)11-2-5-15(24)16(25)8-11/h2-10H,1H3,(H,29,30)(H,26,27,28)/b19-10-. The Morgan fingerprint density at radius 1 is 1.12 bits per heavy atom. The Balaban J connectivity index is 1.58. The van der Waals surface area contributed by atoms with Gasteiger partial charge in [-0.25, -0.2) is 9.78 Å². The lowest BCUT2D eigenvalue weighted by molar-refractivity contribution is -0.131. The van der Waals surface area contributed by atoms with Crippen LogP contribution >= 0.6 is 46.6 Å². The molecule has 11 heteroatoms. The van der Waals surface area contributed by atoms with Crippen LogP contribution in [0.1, 0.15) is 5.76 Å². The normalized spacial score (nSPS) is 11.6. The van der Waals surface area contributed by atoms with E-state index in [1.165, 1.54) is 13.2 Å². The molecule has 4 aromatic rings. The molecule has 7 nitrogen and oxygen atoms in total. The van der Waals surface area contributed by atoms with Gasteiger partial charge in [-0.15, -0.1) is 5.10 Å². The average Bonchev–Trinajstić information content (AvgIpc) is 3.45. The number of benzene rings is 2. The molecule has 0 spiro atoms. The highest BCUT2D eigenvalue weighted by atomic mass is 35.5. The lowest BCUT2D eigenvalue weighted by Crippen LogP contribution is -1.97. The molecule has 0 atom stereocenters. The highest BCUT2D eigenvalue weighted by Crippen LogP contribution is 2.34. The first-order chi connectivity index (χ1) is 15.8. The summed E-state index contributed by atoms with van der Waals surface area (Å²) in [4.78, 5) is 16.1. The van der Waals surface area contributed by atoms with Gasteiger partial charge in [0.2, 0.25) is 5.16 Å². The van der Waals surface area contributed by atoms with Gasteiger partial charge in [0.15, 0.2) is 5.82 Å². The van der Waals surface area contributed by atoms with Gasteiger partial charge >= 0.3 is 5.97 Å². The summed E-state index contributed by atoms with van der Waals surface area (Å²) >= 11 is 19.0. The summed E-state index contributed by atoms with van der Waals surface area (Å²) in [5.41, 5.74) is 1.31. The first-order valence-corrected chi connectivity index (χ1v) is 11.2. The zero-order chi connectivity index (χ0) is 23.5. The van der Waals surface area contributed by atoms with Gasteiger partial charge in [-0.3, -0.25) is 5.10 Å². The Hall–Kier alpha value is -2.91. The lowest BCUT2D eigenvalue weighted by Gasteiger charge is -2.05. The van der Waals surface area contributed by atoms with E-state index in [1.54, 1.807) is 48.5 Å². The van der Waals surface area contributed by atoms with Crippen LogP contribution in [-0.2, 0) is 4.79 Å². The molecular weight excluding hydrogens is 509 g/mol. The maximum absolute atomic E-state index is 11.8. The number of H-pyrrole nitrogens is 1. The van der Waals surface area contributed by atoms with Crippen LogP contribution < -0.4 is 4.74 Å². The van der Waals surface area contributed by atoms with Crippen molar-refractivity contribution in [1.29, 1.82) is 0 Å². The number of nitrogens with one attached hydrogen (secondary N) is 1. The van der Waals surface area contributed by atoms with Crippen LogP contribution in [-0.4, -0.2) is 33.4 Å². The van der Waals surface area contributed by atoms with Gasteiger partial charge in [-0.1, -0.05) is 34.8 Å². The van der Waals surface area contributed by atoms with Crippen molar-refractivity contribution in [1.82, 2.24) is 15.2 Å². The molecule has 0 fully saturated rings. The topological polar surface area (TPSA) is 101 Å². The Morgan fingerprint density at radius 2 is 1.94 bits per heavy atom. The number of aliphatic carboxylic acids is 1. The SMILES string of the molecule is COc1ccc(Cl)cc1-c1nc(S/C(=C\c2ccc(-c3ccc(Cl)c(Cl)c3)o2)C(=O)O)n[nH]1. The van der Waals surface area contributed by atoms with Gasteiger partial charge in [0.05, 0.1) is 22.7 Å². The molecule has 2 aromatic heterocycles. The minimum atomic E-state index is -1.15. The summed E-state index contributed by atoms with van der Waals surface area (Å²) in [6.07, 6.45) is 1.39. The third kappa shape index (κ3) is 5.36. The maximum Gasteiger partial charge on any atom is 0.342 e. The number of aromatic nitrogens is 3. The van der Waals surface area contributed by atoms with Crippen LogP contribution in [0.15, 0.2) is 63.0 Å². The molecule has 0 bridgehead atoms. The van der Waals surface area contributed by atoms with E-state index >= 15 is 0 Å². The summed E-state index contributed by atoms with van der Waals surface area (Å²) < 4.78 is 11.1. The van der Waals surface area contributed by atoms with Crippen LogP contribution in [0.2, 0.25) is 15.1 Å². The molecule has 0 unspecified atom stereocenters. The van der Waals surface area contributed by atoms with E-state index in [4.69, 9.17) is 44.0 Å². The fraction of sp³-hybridized carbons (Fsp3) is 0.0455. The third-order valence-electron chi connectivity index (χ3n) is 4.40. The van der Waals surface area contributed by atoms with Crippen molar-refractivity contribution in [2.24, 2.45) is 0 Å². The number of hydrogen-bond donors (Lipinski definition) is 2. The number of carbonyl (C=O) groups is 1. The Bertz CT molecular complexity index is 1370. The van der Waals surface area contributed by atoms with E-state index in [0.717, 1.165) is 11.8 Å². The molecule has 2 aromatic carbocycles. The van der Waals surface area contributed by atoms with E-state index in [1.807, 2.05) is 0 Å². The number of furan rings is 1. The predicted molar refractivity (Wildman–Crippen MR) is 129 cm³/mol. The van der Waals surface area contributed by atoms with Gasteiger partial charge in [0.1, 0.15) is 22.2 Å². The highest BCUT2D eigenvalue weighted by Gasteiger charge is 2.17. The fourth-order valence-corrected chi connectivity index (χ4v) is 4.03. The molecule has 2 heterocycles. The Labute approximate surface area is 207 Å². The molecule has 0 radical (unpaired) electrons. The second kappa shape index (κ2) is 9.93. The van der Waals surface area contributed by atoms with Crippen molar-refractivity contribution in [3.05, 3.63) is 74.3 Å². The summed E-state index contributed by atoms with van der Waals surface area (Å²) in [6.45, 7) is 0. The first kappa shape index (κ1) is 23.3. The van der Waals surface area contributed by atoms with Crippen LogP contribution in [0.4, 0.5) is 0 Å². The largest absolute Gasteiger partial charge is 0.496 e. The number of ether oxygens (including phenoxy) is 1. The Kier molecular flexibility index (Phi) is 6.99. The highest BCUT2D eigenvalue weighted by molar-refractivity contribution is 8.04. The van der Waals surface area contributed by atoms with Crippen LogP contribution in [0.3, 0.4) is 0 Å². The molecular formula is C22H14Cl3N3O4S. The molecule has 0 aliphatic heterocycles. The molecule has 0 amide bonds. The summed E-state index contributed by atoms with van der Waals surface area (Å²) in [5, 5.41) is 18.1. The monoisotopic (exact) mass is 521 g/mol. The van der Waals surface area contributed by atoms with Crippen molar-refractivity contribution in [2.45, 2.75) is 5.16 Å². The van der Waals surface area contributed by atoms with Gasteiger partial charge in [0, 0.05) is 16.7 Å². The average molecular weight is 523 g/mol. The zero-order valence-electron chi connectivity index (χ0n) is 16.8. The van der Waals surface area contributed by atoms with Crippen molar-refractivity contribution < 1.29 is 19.1 Å². The second-order valence-electron chi connectivity index (χ2n) is 6.56. The van der Waals surface area contributed by atoms with Crippen LogP contribution in [0.5, 0.6) is 5.75 Å². The third-order valence-corrected chi connectivity index (χ3v) is 6.25. The lowest BCUT2D eigenvalue weighted by atomic mass is 10.2. The van der Waals surface area contributed by atoms with E-state index in [-0.39, 0.29) is 10.1 Å². The number of carboxylic acids is 1. The van der Waals surface area contributed by atoms with Gasteiger partial charge < -0.3 is 14.3 Å². The van der Waals surface area contributed by atoms with Crippen molar-refractivity contribution >= 4 is 58.6 Å². The van der Waals surface area contributed by atoms with Crippen molar-refractivity contribution in [3.8, 4) is 28.5 Å². The number of hydrogen-bond acceptors (Lipinski definition) is 6. The number of rotatable bonds is 7. The minimum Gasteiger partial charge on any atom is -0.496 e.